The number of fused-ring (bicyclic) bond motifs is 1. The maximum atomic E-state index is 12.5. The maximum Gasteiger partial charge on any atom is 0.316 e. The molecule has 3 rings (SSSR count). The summed E-state index contributed by atoms with van der Waals surface area (Å²) in [5.74, 6) is -0.570. The predicted octanol–water partition coefficient (Wildman–Crippen LogP) is 2.01. The lowest BCUT2D eigenvalue weighted by atomic mass is 9.62. The summed E-state index contributed by atoms with van der Waals surface area (Å²) in [5.41, 5.74) is 0.359. The van der Waals surface area contributed by atoms with Crippen LogP contribution in [0, 0.1) is 17.3 Å². The number of aliphatic hydroxyl groups is 1. The fourth-order valence-electron chi connectivity index (χ4n) is 4.97. The first kappa shape index (κ1) is 13.8. The van der Waals surface area contributed by atoms with E-state index in [4.69, 9.17) is 4.74 Å². The second-order valence-corrected chi connectivity index (χ2v) is 6.70. The first-order valence-electron chi connectivity index (χ1n) is 7.47. The number of hydrogen-bond donors (Lipinski definition) is 1. The lowest BCUT2D eigenvalue weighted by Gasteiger charge is -2.43. The number of allylic oxidation sites excluding steroid dienone is 1. The summed E-state index contributed by atoms with van der Waals surface area (Å²) in [5, 5.41) is 11.0. The Labute approximate surface area is 119 Å². The van der Waals surface area contributed by atoms with Crippen molar-refractivity contribution in [3.63, 3.8) is 0 Å². The largest absolute Gasteiger partial charge is 0.465 e. The van der Waals surface area contributed by atoms with E-state index in [9.17, 15) is 14.7 Å². The molecule has 3 fully saturated rings. The van der Waals surface area contributed by atoms with Crippen LogP contribution in [0.2, 0.25) is 0 Å². The van der Waals surface area contributed by atoms with Crippen molar-refractivity contribution in [3.8, 4) is 0 Å². The molecular formula is C16H22O4. The van der Waals surface area contributed by atoms with Crippen molar-refractivity contribution in [2.45, 2.75) is 52.1 Å². The lowest BCUT2D eigenvalue weighted by molar-refractivity contribution is -0.153. The summed E-state index contributed by atoms with van der Waals surface area (Å²) in [4.78, 5) is 24.7. The Morgan fingerprint density at radius 1 is 1.40 bits per heavy atom. The van der Waals surface area contributed by atoms with Crippen LogP contribution in [-0.2, 0) is 14.3 Å². The number of hydrogen-bond acceptors (Lipinski definition) is 4. The van der Waals surface area contributed by atoms with Crippen LogP contribution in [0.3, 0.4) is 0 Å². The fraction of sp³-hybridized carbons (Fsp3) is 0.750. The normalized spacial score (nSPS) is 42.0. The van der Waals surface area contributed by atoms with Gasteiger partial charge in [-0.2, -0.15) is 0 Å². The molecule has 1 N–H and O–H groups in total. The average Bonchev–Trinajstić information content (AvgIpc) is 2.82. The highest BCUT2D eigenvalue weighted by Gasteiger charge is 2.73. The third-order valence-electron chi connectivity index (χ3n) is 5.48. The Morgan fingerprint density at radius 2 is 2.10 bits per heavy atom. The highest BCUT2D eigenvalue weighted by molar-refractivity contribution is 5.91. The van der Waals surface area contributed by atoms with Crippen LogP contribution in [0.4, 0.5) is 0 Å². The van der Waals surface area contributed by atoms with Gasteiger partial charge >= 0.3 is 5.97 Å². The number of carbonyl (C=O) groups excluding carboxylic acids is 2. The van der Waals surface area contributed by atoms with Crippen LogP contribution in [0.1, 0.15) is 46.5 Å². The molecule has 0 spiro atoms. The molecule has 0 saturated heterocycles. The molecule has 0 aromatic carbocycles. The summed E-state index contributed by atoms with van der Waals surface area (Å²) in [6.45, 7) is 6.11. The van der Waals surface area contributed by atoms with Gasteiger partial charge in [0.25, 0.3) is 0 Å². The van der Waals surface area contributed by atoms with Gasteiger partial charge in [0.05, 0.1) is 17.6 Å². The third kappa shape index (κ3) is 1.46. The van der Waals surface area contributed by atoms with Gasteiger partial charge in [-0.25, -0.2) is 0 Å². The number of carbonyl (C=O) groups is 2. The second kappa shape index (κ2) is 4.17. The van der Waals surface area contributed by atoms with E-state index >= 15 is 0 Å². The molecule has 4 unspecified atom stereocenters. The van der Waals surface area contributed by atoms with Crippen molar-refractivity contribution in [1.29, 1.82) is 0 Å². The van der Waals surface area contributed by atoms with Gasteiger partial charge in [0.1, 0.15) is 5.78 Å². The molecule has 110 valence electrons. The Bertz CT molecular complexity index is 517. The lowest BCUT2D eigenvalue weighted by Crippen LogP contribution is -2.50. The molecular weight excluding hydrogens is 256 g/mol. The standard InChI is InChI=1S/C16H22O4/c1-4-20-14(18)15-7-11-12(17)6-5-10(13(15)9(2)3)16(11,19)8-15/h10-11,19H,4-8H2,1-3H3. The summed E-state index contributed by atoms with van der Waals surface area (Å²) in [6, 6.07) is 0. The van der Waals surface area contributed by atoms with E-state index in [1.165, 1.54) is 0 Å². The molecule has 4 heteroatoms. The smallest absolute Gasteiger partial charge is 0.316 e. The van der Waals surface area contributed by atoms with Gasteiger partial charge in [0, 0.05) is 18.3 Å². The van der Waals surface area contributed by atoms with Crippen LogP contribution in [0.15, 0.2) is 11.1 Å². The van der Waals surface area contributed by atoms with E-state index in [-0.39, 0.29) is 23.6 Å². The van der Waals surface area contributed by atoms with Gasteiger partial charge in [0.15, 0.2) is 0 Å². The summed E-state index contributed by atoms with van der Waals surface area (Å²) >= 11 is 0. The Balaban J connectivity index is 2.13. The summed E-state index contributed by atoms with van der Waals surface area (Å²) < 4.78 is 5.28. The molecule has 4 nitrogen and oxygen atoms in total. The SMILES string of the molecule is CCOC(=O)C12CC3C(=O)CCC(C1=C(C)C)C3(O)C2. The Kier molecular flexibility index (Phi) is 2.88. The van der Waals surface area contributed by atoms with Crippen molar-refractivity contribution in [2.75, 3.05) is 6.61 Å². The topological polar surface area (TPSA) is 63.6 Å². The molecule has 3 aliphatic rings. The van der Waals surface area contributed by atoms with E-state index < -0.39 is 11.0 Å². The maximum absolute atomic E-state index is 12.5. The fourth-order valence-corrected chi connectivity index (χ4v) is 4.97. The molecule has 0 heterocycles. The van der Waals surface area contributed by atoms with E-state index in [2.05, 4.69) is 0 Å². The molecule has 20 heavy (non-hydrogen) atoms. The molecule has 3 saturated carbocycles. The highest BCUT2D eigenvalue weighted by Crippen LogP contribution is 2.69. The molecule has 0 aromatic heterocycles. The van der Waals surface area contributed by atoms with Gasteiger partial charge < -0.3 is 9.84 Å². The zero-order valence-electron chi connectivity index (χ0n) is 12.4. The average molecular weight is 278 g/mol. The molecule has 0 aromatic rings. The third-order valence-corrected chi connectivity index (χ3v) is 5.48. The van der Waals surface area contributed by atoms with E-state index in [0.29, 0.717) is 32.3 Å². The molecule has 2 bridgehead atoms. The van der Waals surface area contributed by atoms with E-state index in [1.54, 1.807) is 6.92 Å². The quantitative estimate of drug-likeness (QED) is 0.620. The van der Waals surface area contributed by atoms with Crippen molar-refractivity contribution in [2.24, 2.45) is 17.3 Å². The number of esters is 1. The minimum atomic E-state index is -1.02. The van der Waals surface area contributed by atoms with Crippen LogP contribution in [0.5, 0.6) is 0 Å². The van der Waals surface area contributed by atoms with Crippen LogP contribution < -0.4 is 0 Å². The van der Waals surface area contributed by atoms with Gasteiger partial charge in [0.2, 0.25) is 0 Å². The second-order valence-electron chi connectivity index (χ2n) is 6.70. The van der Waals surface area contributed by atoms with Crippen molar-refractivity contribution in [3.05, 3.63) is 11.1 Å². The van der Waals surface area contributed by atoms with Crippen LogP contribution >= 0.6 is 0 Å². The van der Waals surface area contributed by atoms with Crippen LogP contribution in [0.25, 0.3) is 0 Å². The molecule has 0 aliphatic heterocycles. The minimum absolute atomic E-state index is 0.0478. The van der Waals surface area contributed by atoms with E-state index in [1.807, 2.05) is 13.8 Å². The Hall–Kier alpha value is -1.16. The number of ketones is 1. The number of ether oxygens (including phenoxy) is 1. The Morgan fingerprint density at radius 3 is 2.70 bits per heavy atom. The monoisotopic (exact) mass is 278 g/mol. The van der Waals surface area contributed by atoms with Gasteiger partial charge in [-0.3, -0.25) is 9.59 Å². The highest BCUT2D eigenvalue weighted by atomic mass is 16.5. The van der Waals surface area contributed by atoms with Crippen molar-refractivity contribution < 1.29 is 19.4 Å². The summed E-state index contributed by atoms with van der Waals surface area (Å²) in [7, 11) is 0. The molecule has 3 aliphatic carbocycles. The predicted molar refractivity (Wildman–Crippen MR) is 72.8 cm³/mol. The number of Topliss-reactive ketones (excluding diaryl/α,β-unsaturated/α-hetero) is 1. The van der Waals surface area contributed by atoms with E-state index in [0.717, 1.165) is 11.1 Å². The zero-order chi connectivity index (χ0) is 14.7. The van der Waals surface area contributed by atoms with Gasteiger partial charge in [-0.05, 0) is 45.6 Å². The van der Waals surface area contributed by atoms with Gasteiger partial charge in [-0.1, -0.05) is 5.57 Å². The van der Waals surface area contributed by atoms with Crippen LogP contribution in [-0.4, -0.2) is 29.1 Å². The van der Waals surface area contributed by atoms with Crippen molar-refractivity contribution >= 4 is 11.8 Å². The first-order valence-corrected chi connectivity index (χ1v) is 7.47. The minimum Gasteiger partial charge on any atom is -0.465 e. The molecule has 0 radical (unpaired) electrons. The molecule has 0 amide bonds. The number of rotatable bonds is 2. The van der Waals surface area contributed by atoms with Gasteiger partial charge in [-0.15, -0.1) is 0 Å². The van der Waals surface area contributed by atoms with Crippen molar-refractivity contribution in [1.82, 2.24) is 0 Å². The first-order chi connectivity index (χ1) is 9.36. The zero-order valence-corrected chi connectivity index (χ0v) is 12.4. The summed E-state index contributed by atoms with van der Waals surface area (Å²) in [6.07, 6.45) is 1.97. The molecule has 4 atom stereocenters.